The lowest BCUT2D eigenvalue weighted by Gasteiger charge is -2.16. The molecular weight excluding hydrogens is 268 g/mol. The molecule has 1 aromatic carbocycles. The van der Waals surface area contributed by atoms with E-state index in [1.807, 2.05) is 0 Å². The van der Waals surface area contributed by atoms with Crippen LogP contribution in [0.3, 0.4) is 0 Å². The van der Waals surface area contributed by atoms with Crippen LogP contribution >= 0.6 is 12.4 Å². The first-order valence-corrected chi connectivity index (χ1v) is 5.77. The van der Waals surface area contributed by atoms with E-state index in [2.05, 4.69) is 5.32 Å². The summed E-state index contributed by atoms with van der Waals surface area (Å²) in [6.07, 6.45) is 0.824. The average Bonchev–Trinajstić information content (AvgIpc) is 2.74. The van der Waals surface area contributed by atoms with Crippen LogP contribution in [0.4, 0.5) is 10.5 Å². The standard InChI is InChI=1S/C12H16N4O2.ClH/c13-9-4-5-16(7-9)11(17)8-2-1-3-10(6-8)15-12(14)18;/h1-3,6,9H,4-5,7,13H2,(H3,14,15,18);1H/t9-;/m1./s1. The Morgan fingerprint density at radius 2 is 2.11 bits per heavy atom. The van der Waals surface area contributed by atoms with Gasteiger partial charge in [-0.15, -0.1) is 12.4 Å². The molecule has 0 aromatic heterocycles. The normalized spacial score (nSPS) is 17.7. The summed E-state index contributed by atoms with van der Waals surface area (Å²) in [6, 6.07) is 6.10. The van der Waals surface area contributed by atoms with Crippen molar-refractivity contribution >= 4 is 30.0 Å². The molecule has 1 aromatic rings. The Bertz CT molecular complexity index is 481. The van der Waals surface area contributed by atoms with Gasteiger partial charge in [-0.3, -0.25) is 4.79 Å². The van der Waals surface area contributed by atoms with Gasteiger partial charge in [0.15, 0.2) is 0 Å². The van der Waals surface area contributed by atoms with Crippen LogP contribution in [0.5, 0.6) is 0 Å². The maximum atomic E-state index is 12.2. The predicted molar refractivity (Wildman–Crippen MR) is 75.4 cm³/mol. The molecule has 6 nitrogen and oxygen atoms in total. The Morgan fingerprint density at radius 3 is 2.68 bits per heavy atom. The number of likely N-dealkylation sites (tertiary alicyclic amines) is 1. The molecule has 0 spiro atoms. The summed E-state index contributed by atoms with van der Waals surface area (Å²) in [5, 5.41) is 2.44. The number of nitrogens with one attached hydrogen (secondary N) is 1. The largest absolute Gasteiger partial charge is 0.351 e. The molecule has 0 bridgehead atoms. The fraction of sp³-hybridized carbons (Fsp3) is 0.333. The highest BCUT2D eigenvalue weighted by molar-refractivity contribution is 5.96. The van der Waals surface area contributed by atoms with Crippen molar-refractivity contribution in [2.75, 3.05) is 18.4 Å². The van der Waals surface area contributed by atoms with Gasteiger partial charge in [0.05, 0.1) is 0 Å². The SMILES string of the molecule is Cl.NC(=O)Nc1cccc(C(=O)N2CC[C@@H](N)C2)c1. The molecule has 1 saturated heterocycles. The number of hydrogen-bond acceptors (Lipinski definition) is 3. The minimum Gasteiger partial charge on any atom is -0.351 e. The highest BCUT2D eigenvalue weighted by Crippen LogP contribution is 2.15. The summed E-state index contributed by atoms with van der Waals surface area (Å²) in [5.74, 6) is -0.0731. The molecule has 1 atom stereocenters. The number of nitrogens with two attached hydrogens (primary N) is 2. The predicted octanol–water partition coefficient (Wildman–Crippen LogP) is 0.772. The van der Waals surface area contributed by atoms with Crippen LogP contribution in [0.15, 0.2) is 24.3 Å². The van der Waals surface area contributed by atoms with Crippen LogP contribution < -0.4 is 16.8 Å². The highest BCUT2D eigenvalue weighted by atomic mass is 35.5. The number of hydrogen-bond donors (Lipinski definition) is 3. The Hall–Kier alpha value is -1.79. The fourth-order valence-electron chi connectivity index (χ4n) is 2.03. The molecule has 1 heterocycles. The minimum atomic E-state index is -0.650. The van der Waals surface area contributed by atoms with E-state index in [1.165, 1.54) is 0 Å². The second kappa shape index (κ2) is 6.40. The third kappa shape index (κ3) is 3.84. The lowest BCUT2D eigenvalue weighted by molar-refractivity contribution is 0.0791. The van der Waals surface area contributed by atoms with Gasteiger partial charge in [-0.25, -0.2) is 4.79 Å². The van der Waals surface area contributed by atoms with E-state index in [1.54, 1.807) is 29.2 Å². The van der Waals surface area contributed by atoms with Crippen LogP contribution in [-0.2, 0) is 0 Å². The van der Waals surface area contributed by atoms with Crippen LogP contribution in [-0.4, -0.2) is 36.0 Å². The Kier molecular flexibility index (Phi) is 5.14. The zero-order valence-electron chi connectivity index (χ0n) is 10.3. The van der Waals surface area contributed by atoms with E-state index in [4.69, 9.17) is 11.5 Å². The first-order valence-electron chi connectivity index (χ1n) is 5.77. The number of rotatable bonds is 2. The summed E-state index contributed by atoms with van der Waals surface area (Å²) in [7, 11) is 0. The smallest absolute Gasteiger partial charge is 0.316 e. The molecule has 19 heavy (non-hydrogen) atoms. The number of carbonyl (C=O) groups excluding carboxylic acids is 2. The molecule has 0 radical (unpaired) electrons. The summed E-state index contributed by atoms with van der Waals surface area (Å²) >= 11 is 0. The van der Waals surface area contributed by atoms with Gasteiger partial charge in [0.2, 0.25) is 0 Å². The van der Waals surface area contributed by atoms with E-state index >= 15 is 0 Å². The lowest BCUT2D eigenvalue weighted by Crippen LogP contribution is -2.31. The molecule has 1 aliphatic rings. The van der Waals surface area contributed by atoms with Crippen LogP contribution in [0, 0.1) is 0 Å². The molecule has 0 aliphatic carbocycles. The maximum Gasteiger partial charge on any atom is 0.316 e. The van der Waals surface area contributed by atoms with E-state index in [9.17, 15) is 9.59 Å². The lowest BCUT2D eigenvalue weighted by atomic mass is 10.2. The van der Waals surface area contributed by atoms with Crippen molar-refractivity contribution in [1.82, 2.24) is 4.90 Å². The number of halogens is 1. The van der Waals surface area contributed by atoms with Crippen LogP contribution in [0.25, 0.3) is 0 Å². The van der Waals surface area contributed by atoms with Crippen LogP contribution in [0.1, 0.15) is 16.8 Å². The Balaban J connectivity index is 0.00000180. The van der Waals surface area contributed by atoms with Gasteiger partial charge >= 0.3 is 6.03 Å². The molecule has 5 N–H and O–H groups in total. The van der Waals surface area contributed by atoms with Gasteiger partial charge in [0.1, 0.15) is 0 Å². The second-order valence-electron chi connectivity index (χ2n) is 4.37. The number of carbonyl (C=O) groups is 2. The Morgan fingerprint density at radius 1 is 1.37 bits per heavy atom. The van der Waals surface area contributed by atoms with Crippen LogP contribution in [0.2, 0.25) is 0 Å². The van der Waals surface area contributed by atoms with Crippen molar-refractivity contribution in [3.8, 4) is 0 Å². The van der Waals surface area contributed by atoms with Crippen molar-refractivity contribution in [1.29, 1.82) is 0 Å². The van der Waals surface area contributed by atoms with Gasteiger partial charge in [0.25, 0.3) is 5.91 Å². The van der Waals surface area contributed by atoms with Gasteiger partial charge in [-0.1, -0.05) is 6.07 Å². The molecule has 7 heteroatoms. The second-order valence-corrected chi connectivity index (χ2v) is 4.37. The Labute approximate surface area is 117 Å². The third-order valence-electron chi connectivity index (χ3n) is 2.89. The molecule has 1 aliphatic heterocycles. The minimum absolute atomic E-state index is 0. The van der Waals surface area contributed by atoms with E-state index in [0.717, 1.165) is 6.42 Å². The third-order valence-corrected chi connectivity index (χ3v) is 2.89. The monoisotopic (exact) mass is 284 g/mol. The molecule has 0 unspecified atom stereocenters. The molecular formula is C12H17ClN4O2. The van der Waals surface area contributed by atoms with Crippen molar-refractivity contribution in [3.63, 3.8) is 0 Å². The van der Waals surface area contributed by atoms with Crippen molar-refractivity contribution in [2.24, 2.45) is 11.5 Å². The van der Waals surface area contributed by atoms with Gasteiger partial charge < -0.3 is 21.7 Å². The first kappa shape index (κ1) is 15.3. The quantitative estimate of drug-likeness (QED) is 0.747. The molecule has 3 amide bonds. The topological polar surface area (TPSA) is 101 Å². The number of amides is 3. The van der Waals surface area contributed by atoms with E-state index in [0.29, 0.717) is 24.3 Å². The summed E-state index contributed by atoms with van der Waals surface area (Å²) < 4.78 is 0. The average molecular weight is 285 g/mol. The molecule has 2 rings (SSSR count). The molecule has 1 fully saturated rings. The van der Waals surface area contributed by atoms with Gasteiger partial charge in [-0.05, 0) is 24.6 Å². The number of benzene rings is 1. The number of anilines is 1. The summed E-state index contributed by atoms with van der Waals surface area (Å²) in [6.45, 7) is 1.25. The number of nitrogens with zero attached hydrogens (tertiary/aromatic N) is 1. The first-order chi connectivity index (χ1) is 8.56. The van der Waals surface area contributed by atoms with Crippen molar-refractivity contribution in [3.05, 3.63) is 29.8 Å². The van der Waals surface area contributed by atoms with Crippen molar-refractivity contribution < 1.29 is 9.59 Å². The molecule has 104 valence electrons. The van der Waals surface area contributed by atoms with Gasteiger partial charge in [0, 0.05) is 30.4 Å². The van der Waals surface area contributed by atoms with E-state index < -0.39 is 6.03 Å². The van der Waals surface area contributed by atoms with Gasteiger partial charge in [-0.2, -0.15) is 0 Å². The summed E-state index contributed by atoms with van der Waals surface area (Å²) in [5.41, 5.74) is 11.8. The fourth-order valence-corrected chi connectivity index (χ4v) is 2.03. The maximum absolute atomic E-state index is 12.2. The zero-order valence-corrected chi connectivity index (χ0v) is 11.2. The number of primary amides is 1. The van der Waals surface area contributed by atoms with Crippen molar-refractivity contribution in [2.45, 2.75) is 12.5 Å². The zero-order chi connectivity index (χ0) is 13.1. The number of urea groups is 1. The molecule has 0 saturated carbocycles. The highest BCUT2D eigenvalue weighted by Gasteiger charge is 2.24. The van der Waals surface area contributed by atoms with E-state index in [-0.39, 0.29) is 24.4 Å². The summed E-state index contributed by atoms with van der Waals surface area (Å²) in [4.78, 5) is 24.6.